The molecule has 0 aromatic heterocycles. The summed E-state index contributed by atoms with van der Waals surface area (Å²) in [5.41, 5.74) is 0.457. The van der Waals surface area contributed by atoms with E-state index in [2.05, 4.69) is 30.7 Å². The summed E-state index contributed by atoms with van der Waals surface area (Å²) >= 11 is 1.98. The van der Waals surface area contributed by atoms with Crippen molar-refractivity contribution in [3.8, 4) is 0 Å². The van der Waals surface area contributed by atoms with E-state index in [1.165, 1.54) is 32.1 Å². The van der Waals surface area contributed by atoms with Crippen LogP contribution < -0.4 is 10.6 Å². The highest BCUT2D eigenvalue weighted by Crippen LogP contribution is 2.41. The Hall–Kier alpha value is 0.310. The van der Waals surface area contributed by atoms with E-state index < -0.39 is 0 Å². The van der Waals surface area contributed by atoms with Gasteiger partial charge in [0, 0.05) is 37.6 Å². The molecule has 1 aliphatic heterocycles. The van der Waals surface area contributed by atoms with Crippen LogP contribution >= 0.6 is 35.7 Å². The average molecular weight is 469 g/mol. The summed E-state index contributed by atoms with van der Waals surface area (Å²) in [6.45, 7) is 9.09. The molecule has 2 rings (SSSR count). The third-order valence-electron chi connectivity index (χ3n) is 5.75. The predicted octanol–water partition coefficient (Wildman–Crippen LogP) is 4.04. The van der Waals surface area contributed by atoms with Crippen molar-refractivity contribution in [2.45, 2.75) is 63.5 Å². The van der Waals surface area contributed by atoms with Gasteiger partial charge in [0.05, 0.1) is 0 Å². The SMILES string of the molecule is CCNC(=NCC1(CC)CCCC1)NCC1(SC)CCOCC1.I. The highest BCUT2D eigenvalue weighted by atomic mass is 127. The van der Waals surface area contributed by atoms with Crippen LogP contribution in [-0.4, -0.2) is 49.8 Å². The topological polar surface area (TPSA) is 45.7 Å². The van der Waals surface area contributed by atoms with Gasteiger partial charge in [-0.2, -0.15) is 11.8 Å². The number of guanidine groups is 1. The molecular weight excluding hydrogens is 433 g/mol. The molecule has 2 N–H and O–H groups in total. The van der Waals surface area contributed by atoms with Crippen LogP contribution in [0.15, 0.2) is 4.99 Å². The first-order valence-electron chi connectivity index (χ1n) is 9.33. The molecule has 2 fully saturated rings. The Bertz CT molecular complexity index is 380. The monoisotopic (exact) mass is 469 g/mol. The summed E-state index contributed by atoms with van der Waals surface area (Å²) in [4.78, 5) is 4.94. The Labute approximate surface area is 169 Å². The van der Waals surface area contributed by atoms with Gasteiger partial charge in [-0.3, -0.25) is 4.99 Å². The zero-order valence-electron chi connectivity index (χ0n) is 15.7. The van der Waals surface area contributed by atoms with E-state index in [4.69, 9.17) is 9.73 Å². The highest BCUT2D eigenvalue weighted by molar-refractivity contribution is 14.0. The van der Waals surface area contributed by atoms with E-state index >= 15 is 0 Å². The van der Waals surface area contributed by atoms with Gasteiger partial charge in [0.25, 0.3) is 0 Å². The first-order chi connectivity index (χ1) is 11.2. The number of halogens is 1. The molecule has 1 saturated heterocycles. The van der Waals surface area contributed by atoms with Crippen LogP contribution in [0.25, 0.3) is 0 Å². The van der Waals surface area contributed by atoms with Gasteiger partial charge in [0.15, 0.2) is 5.96 Å². The van der Waals surface area contributed by atoms with Crippen LogP contribution in [0, 0.1) is 5.41 Å². The fraction of sp³-hybridized carbons (Fsp3) is 0.944. The van der Waals surface area contributed by atoms with Gasteiger partial charge in [0.1, 0.15) is 0 Å². The Morgan fingerprint density at radius 1 is 1.08 bits per heavy atom. The first kappa shape index (κ1) is 22.4. The van der Waals surface area contributed by atoms with Gasteiger partial charge in [-0.1, -0.05) is 19.8 Å². The lowest BCUT2D eigenvalue weighted by atomic mass is 9.84. The van der Waals surface area contributed by atoms with Crippen LogP contribution in [0.4, 0.5) is 0 Å². The van der Waals surface area contributed by atoms with Gasteiger partial charge in [-0.25, -0.2) is 0 Å². The molecule has 0 atom stereocenters. The van der Waals surface area contributed by atoms with E-state index in [0.29, 0.717) is 10.2 Å². The minimum Gasteiger partial charge on any atom is -0.381 e. The number of nitrogens with one attached hydrogen (secondary N) is 2. The summed E-state index contributed by atoms with van der Waals surface area (Å²) in [7, 11) is 0. The Balaban J connectivity index is 0.00000288. The molecule has 0 radical (unpaired) electrons. The van der Waals surface area contributed by atoms with Crippen molar-refractivity contribution in [1.29, 1.82) is 0 Å². The summed E-state index contributed by atoms with van der Waals surface area (Å²) in [6.07, 6.45) is 11.2. The molecule has 0 aromatic carbocycles. The van der Waals surface area contributed by atoms with E-state index in [-0.39, 0.29) is 24.0 Å². The van der Waals surface area contributed by atoms with Crippen LogP contribution in [0.2, 0.25) is 0 Å². The van der Waals surface area contributed by atoms with Gasteiger partial charge < -0.3 is 15.4 Å². The number of nitrogens with zero attached hydrogens (tertiary/aromatic N) is 1. The fourth-order valence-electron chi connectivity index (χ4n) is 3.78. The second-order valence-electron chi connectivity index (χ2n) is 7.11. The molecule has 1 heterocycles. The maximum absolute atomic E-state index is 5.54. The Morgan fingerprint density at radius 2 is 1.75 bits per heavy atom. The summed E-state index contributed by atoms with van der Waals surface area (Å²) < 4.78 is 5.83. The molecule has 0 spiro atoms. The second kappa shape index (κ2) is 11.1. The van der Waals surface area contributed by atoms with Gasteiger partial charge >= 0.3 is 0 Å². The number of hydrogen-bond donors (Lipinski definition) is 2. The molecule has 2 aliphatic rings. The number of aliphatic imine (C=N–C) groups is 1. The maximum atomic E-state index is 5.54. The number of hydrogen-bond acceptors (Lipinski definition) is 3. The van der Waals surface area contributed by atoms with Crippen LogP contribution in [-0.2, 0) is 4.74 Å². The first-order valence-corrected chi connectivity index (χ1v) is 10.6. The molecule has 0 unspecified atom stereocenters. The Morgan fingerprint density at radius 3 is 2.29 bits per heavy atom. The van der Waals surface area contributed by atoms with Crippen LogP contribution in [0.3, 0.4) is 0 Å². The van der Waals surface area contributed by atoms with Gasteiger partial charge in [-0.15, -0.1) is 24.0 Å². The molecule has 0 aromatic rings. The zero-order valence-corrected chi connectivity index (χ0v) is 18.8. The predicted molar refractivity (Wildman–Crippen MR) is 117 cm³/mol. The smallest absolute Gasteiger partial charge is 0.191 e. The molecule has 142 valence electrons. The quantitative estimate of drug-likeness (QED) is 0.336. The van der Waals surface area contributed by atoms with E-state index in [9.17, 15) is 0 Å². The minimum atomic E-state index is 0. The van der Waals surface area contributed by atoms with Crippen molar-refractivity contribution in [2.75, 3.05) is 39.1 Å². The summed E-state index contributed by atoms with van der Waals surface area (Å²) in [5.74, 6) is 0.993. The minimum absolute atomic E-state index is 0. The van der Waals surface area contributed by atoms with Crippen molar-refractivity contribution in [3.05, 3.63) is 0 Å². The summed E-state index contributed by atoms with van der Waals surface area (Å²) in [6, 6.07) is 0. The zero-order chi connectivity index (χ0) is 16.6. The van der Waals surface area contributed by atoms with Crippen molar-refractivity contribution in [1.82, 2.24) is 10.6 Å². The van der Waals surface area contributed by atoms with Crippen LogP contribution in [0.5, 0.6) is 0 Å². The van der Waals surface area contributed by atoms with Gasteiger partial charge in [-0.05, 0) is 50.7 Å². The lowest BCUT2D eigenvalue weighted by molar-refractivity contribution is 0.0783. The molecular formula is C18H36IN3OS. The largest absolute Gasteiger partial charge is 0.381 e. The van der Waals surface area contributed by atoms with Crippen molar-refractivity contribution in [2.24, 2.45) is 10.4 Å². The second-order valence-corrected chi connectivity index (χ2v) is 8.38. The lowest BCUT2D eigenvalue weighted by Crippen LogP contribution is -2.48. The Kier molecular flexibility index (Phi) is 10.4. The van der Waals surface area contributed by atoms with Crippen molar-refractivity contribution < 1.29 is 4.74 Å². The molecule has 0 amide bonds. The van der Waals surface area contributed by atoms with Crippen molar-refractivity contribution in [3.63, 3.8) is 0 Å². The van der Waals surface area contributed by atoms with E-state index in [1.54, 1.807) is 0 Å². The highest BCUT2D eigenvalue weighted by Gasteiger charge is 2.33. The average Bonchev–Trinajstić information content (AvgIpc) is 3.08. The molecule has 0 bridgehead atoms. The molecule has 6 heteroatoms. The van der Waals surface area contributed by atoms with E-state index in [1.807, 2.05) is 11.8 Å². The maximum Gasteiger partial charge on any atom is 0.191 e. The third-order valence-corrected chi connectivity index (χ3v) is 7.16. The number of thioether (sulfide) groups is 1. The fourth-order valence-corrected chi connectivity index (χ4v) is 4.57. The lowest BCUT2D eigenvalue weighted by Gasteiger charge is -2.36. The van der Waals surface area contributed by atoms with E-state index in [0.717, 1.165) is 51.6 Å². The molecule has 1 aliphatic carbocycles. The van der Waals surface area contributed by atoms with Gasteiger partial charge in [0.2, 0.25) is 0 Å². The summed E-state index contributed by atoms with van der Waals surface area (Å²) in [5, 5.41) is 7.04. The normalized spacial score (nSPS) is 22.7. The number of rotatable bonds is 7. The van der Waals surface area contributed by atoms with Crippen molar-refractivity contribution >= 4 is 41.7 Å². The molecule has 4 nitrogen and oxygen atoms in total. The number of ether oxygens (including phenoxy) is 1. The molecule has 24 heavy (non-hydrogen) atoms. The van der Waals surface area contributed by atoms with Crippen LogP contribution in [0.1, 0.15) is 58.8 Å². The molecule has 1 saturated carbocycles. The third kappa shape index (κ3) is 6.24. The standard InChI is InChI=1S/C18H35N3OS.HI/c1-4-17(8-6-7-9-17)14-20-16(19-5-2)21-15-18(23-3)10-12-22-13-11-18;/h4-15H2,1-3H3,(H2,19,20,21);1H.